The minimum atomic E-state index is 0.0138. The molecule has 0 fully saturated rings. The molecule has 0 saturated heterocycles. The number of carbonyl (C=O) groups is 1. The number of nitrogens with zero attached hydrogens (tertiary/aromatic N) is 1. The second kappa shape index (κ2) is 10.4. The highest BCUT2D eigenvalue weighted by Crippen LogP contribution is 2.16. The topological polar surface area (TPSA) is 32.3 Å². The predicted octanol–water partition coefficient (Wildman–Crippen LogP) is 5.68. The number of allylic oxidation sites excluding steroid dienone is 1. The molecule has 0 aliphatic carbocycles. The number of unbranched alkanes of at least 4 members (excludes halogenated alkanes) is 3. The molecular formula is C23H30N2O. The number of ketones is 1. The van der Waals surface area contributed by atoms with Gasteiger partial charge in [0.2, 0.25) is 0 Å². The molecule has 2 aromatic rings. The lowest BCUT2D eigenvalue weighted by atomic mass is 10.0. The van der Waals surface area contributed by atoms with Crippen LogP contribution in [0.25, 0.3) is 0 Å². The Morgan fingerprint density at radius 2 is 1.65 bits per heavy atom. The quantitative estimate of drug-likeness (QED) is 0.340. The molecule has 0 amide bonds. The lowest BCUT2D eigenvalue weighted by molar-refractivity contribution is 0.104. The van der Waals surface area contributed by atoms with E-state index < -0.39 is 0 Å². The molecule has 0 atom stereocenters. The second-order valence-electron chi connectivity index (χ2n) is 6.79. The smallest absolute Gasteiger partial charge is 0.187 e. The molecule has 1 N–H and O–H groups in total. The molecule has 0 saturated carbocycles. The molecule has 3 nitrogen and oxygen atoms in total. The van der Waals surface area contributed by atoms with Gasteiger partial charge in [0.25, 0.3) is 0 Å². The van der Waals surface area contributed by atoms with Crippen LogP contribution < -0.4 is 10.2 Å². The molecule has 0 bridgehead atoms. The van der Waals surface area contributed by atoms with E-state index in [1.54, 1.807) is 12.3 Å². The number of anilines is 2. The van der Waals surface area contributed by atoms with E-state index in [9.17, 15) is 4.79 Å². The van der Waals surface area contributed by atoms with Crippen LogP contribution in [-0.4, -0.2) is 19.9 Å². The lowest BCUT2D eigenvalue weighted by Crippen LogP contribution is -2.08. The zero-order valence-electron chi connectivity index (χ0n) is 16.2. The van der Waals surface area contributed by atoms with Crippen molar-refractivity contribution < 1.29 is 4.79 Å². The van der Waals surface area contributed by atoms with Gasteiger partial charge in [-0.1, -0.05) is 50.5 Å². The summed E-state index contributed by atoms with van der Waals surface area (Å²) in [5.41, 5.74) is 4.14. The largest absolute Gasteiger partial charge is 0.378 e. The van der Waals surface area contributed by atoms with Crippen LogP contribution in [-0.2, 0) is 6.42 Å². The number of hydrogen-bond acceptors (Lipinski definition) is 3. The highest BCUT2D eigenvalue weighted by molar-refractivity contribution is 6.04. The first-order valence-electron chi connectivity index (χ1n) is 9.44. The molecule has 138 valence electrons. The van der Waals surface area contributed by atoms with Gasteiger partial charge in [-0.15, -0.1) is 0 Å². The summed E-state index contributed by atoms with van der Waals surface area (Å²) in [5.74, 6) is 0.0138. The van der Waals surface area contributed by atoms with Crippen LogP contribution in [0.4, 0.5) is 11.4 Å². The standard InChI is InChI=1S/C23H30N2O/c1-4-5-6-7-8-19-9-11-20(12-10-19)23(26)17-18-24-21-13-15-22(16-14-21)25(2)3/h9-18,24H,4-8H2,1-3H3/b18-17+. The van der Waals surface area contributed by atoms with Crippen molar-refractivity contribution in [3.63, 3.8) is 0 Å². The van der Waals surface area contributed by atoms with Gasteiger partial charge in [0.15, 0.2) is 5.78 Å². The summed E-state index contributed by atoms with van der Waals surface area (Å²) >= 11 is 0. The average molecular weight is 351 g/mol. The van der Waals surface area contributed by atoms with Gasteiger partial charge in [0.1, 0.15) is 0 Å². The third-order valence-corrected chi connectivity index (χ3v) is 4.43. The van der Waals surface area contributed by atoms with Crippen molar-refractivity contribution in [1.82, 2.24) is 0 Å². The molecule has 0 aromatic heterocycles. The van der Waals surface area contributed by atoms with Gasteiger partial charge < -0.3 is 10.2 Å². The van der Waals surface area contributed by atoms with Crippen LogP contribution in [0.1, 0.15) is 48.5 Å². The Morgan fingerprint density at radius 1 is 0.962 bits per heavy atom. The summed E-state index contributed by atoms with van der Waals surface area (Å²) in [6.07, 6.45) is 9.43. The highest BCUT2D eigenvalue weighted by atomic mass is 16.1. The molecule has 0 aliphatic rings. The van der Waals surface area contributed by atoms with Crippen LogP contribution >= 0.6 is 0 Å². The SMILES string of the molecule is CCCCCCc1ccc(C(=O)/C=C/Nc2ccc(N(C)C)cc2)cc1. The van der Waals surface area contributed by atoms with Crippen molar-refractivity contribution in [3.8, 4) is 0 Å². The fraction of sp³-hybridized carbons (Fsp3) is 0.348. The van der Waals surface area contributed by atoms with Gasteiger partial charge in [-0.3, -0.25) is 4.79 Å². The Hall–Kier alpha value is -2.55. The normalized spacial score (nSPS) is 10.9. The maximum absolute atomic E-state index is 12.3. The van der Waals surface area contributed by atoms with Crippen LogP contribution in [0.15, 0.2) is 60.8 Å². The van der Waals surface area contributed by atoms with E-state index >= 15 is 0 Å². The Balaban J connectivity index is 1.83. The molecule has 0 spiro atoms. The van der Waals surface area contributed by atoms with E-state index in [4.69, 9.17) is 0 Å². The summed E-state index contributed by atoms with van der Waals surface area (Å²) in [4.78, 5) is 14.3. The van der Waals surface area contributed by atoms with Gasteiger partial charge in [0.05, 0.1) is 0 Å². The van der Waals surface area contributed by atoms with Crippen molar-refractivity contribution in [3.05, 3.63) is 71.9 Å². The van der Waals surface area contributed by atoms with E-state index in [-0.39, 0.29) is 5.78 Å². The monoisotopic (exact) mass is 350 g/mol. The zero-order valence-corrected chi connectivity index (χ0v) is 16.2. The van der Waals surface area contributed by atoms with Crippen molar-refractivity contribution in [2.75, 3.05) is 24.3 Å². The molecule has 0 radical (unpaired) electrons. The maximum atomic E-state index is 12.3. The van der Waals surface area contributed by atoms with Gasteiger partial charge >= 0.3 is 0 Å². The Bertz CT molecular complexity index is 700. The Morgan fingerprint density at radius 3 is 2.27 bits per heavy atom. The van der Waals surface area contributed by atoms with E-state index in [0.717, 1.165) is 23.4 Å². The van der Waals surface area contributed by atoms with Crippen LogP contribution in [0.5, 0.6) is 0 Å². The van der Waals surface area contributed by atoms with E-state index in [1.807, 2.05) is 50.5 Å². The van der Waals surface area contributed by atoms with Crippen molar-refractivity contribution in [1.29, 1.82) is 0 Å². The average Bonchev–Trinajstić information content (AvgIpc) is 2.66. The molecule has 2 aromatic carbocycles. The lowest BCUT2D eigenvalue weighted by Gasteiger charge is -2.12. The maximum Gasteiger partial charge on any atom is 0.187 e. The van der Waals surface area contributed by atoms with Crippen molar-refractivity contribution in [2.24, 2.45) is 0 Å². The summed E-state index contributed by atoms with van der Waals surface area (Å²) in [6, 6.07) is 16.1. The summed E-state index contributed by atoms with van der Waals surface area (Å²) in [6.45, 7) is 2.22. The number of nitrogens with one attached hydrogen (secondary N) is 1. The molecule has 3 heteroatoms. The Labute approximate surface area is 157 Å². The molecule has 0 unspecified atom stereocenters. The molecule has 0 aliphatic heterocycles. The summed E-state index contributed by atoms with van der Waals surface area (Å²) in [7, 11) is 4.02. The number of hydrogen-bond donors (Lipinski definition) is 1. The van der Waals surface area contributed by atoms with Crippen LogP contribution in [0.2, 0.25) is 0 Å². The molecule has 0 heterocycles. The first kappa shape index (κ1) is 19.8. The second-order valence-corrected chi connectivity index (χ2v) is 6.79. The van der Waals surface area contributed by atoms with Gasteiger partial charge in [-0.05, 0) is 42.7 Å². The molecule has 2 rings (SSSR count). The third kappa shape index (κ3) is 6.40. The summed E-state index contributed by atoms with van der Waals surface area (Å²) < 4.78 is 0. The van der Waals surface area contributed by atoms with Crippen molar-refractivity contribution in [2.45, 2.75) is 39.0 Å². The zero-order chi connectivity index (χ0) is 18.8. The van der Waals surface area contributed by atoms with Crippen LogP contribution in [0.3, 0.4) is 0 Å². The number of benzene rings is 2. The molecule has 26 heavy (non-hydrogen) atoms. The number of carbonyl (C=O) groups excluding carboxylic acids is 1. The van der Waals surface area contributed by atoms with E-state index in [0.29, 0.717) is 0 Å². The fourth-order valence-electron chi connectivity index (χ4n) is 2.76. The van der Waals surface area contributed by atoms with E-state index in [2.05, 4.69) is 29.3 Å². The van der Waals surface area contributed by atoms with E-state index in [1.165, 1.54) is 31.2 Å². The Kier molecular flexibility index (Phi) is 7.94. The number of rotatable bonds is 10. The first-order chi connectivity index (χ1) is 12.6. The molecular weight excluding hydrogens is 320 g/mol. The van der Waals surface area contributed by atoms with Crippen molar-refractivity contribution >= 4 is 17.2 Å². The first-order valence-corrected chi connectivity index (χ1v) is 9.44. The summed E-state index contributed by atoms with van der Waals surface area (Å²) in [5, 5.41) is 3.14. The van der Waals surface area contributed by atoms with Gasteiger partial charge in [-0.25, -0.2) is 0 Å². The van der Waals surface area contributed by atoms with Crippen LogP contribution in [0, 0.1) is 0 Å². The van der Waals surface area contributed by atoms with Gasteiger partial charge in [0, 0.05) is 43.3 Å². The van der Waals surface area contributed by atoms with Gasteiger partial charge in [-0.2, -0.15) is 0 Å². The third-order valence-electron chi connectivity index (χ3n) is 4.43. The highest BCUT2D eigenvalue weighted by Gasteiger charge is 2.02. The predicted molar refractivity (Wildman–Crippen MR) is 112 cm³/mol. The fourth-order valence-corrected chi connectivity index (χ4v) is 2.76. The minimum absolute atomic E-state index is 0.0138. The minimum Gasteiger partial charge on any atom is -0.378 e. The number of aryl methyl sites for hydroxylation is 1.